The molecule has 0 aliphatic rings. The van der Waals surface area contributed by atoms with Crippen LogP contribution in [0.3, 0.4) is 0 Å². The lowest BCUT2D eigenvalue weighted by Gasteiger charge is -2.13. The van der Waals surface area contributed by atoms with Crippen LogP contribution in [0.1, 0.15) is 16.7 Å². The van der Waals surface area contributed by atoms with E-state index in [1.165, 1.54) is 16.8 Å². The standard InChI is InChI=1S/C15H15Cl2N/c1-10-4-3-5-11(2)15(10)18-9-12-6-7-13(16)14(17)8-12/h3-8,18H,9H2,1-2H3. The van der Waals surface area contributed by atoms with Crippen LogP contribution in [0.25, 0.3) is 0 Å². The predicted molar refractivity (Wildman–Crippen MR) is 79.7 cm³/mol. The van der Waals surface area contributed by atoms with Gasteiger partial charge >= 0.3 is 0 Å². The molecule has 2 aromatic carbocycles. The Kier molecular flexibility index (Phi) is 4.15. The van der Waals surface area contributed by atoms with Crippen LogP contribution in [0.2, 0.25) is 10.0 Å². The van der Waals surface area contributed by atoms with E-state index in [1.807, 2.05) is 18.2 Å². The smallest absolute Gasteiger partial charge is 0.0595 e. The van der Waals surface area contributed by atoms with Crippen molar-refractivity contribution in [3.63, 3.8) is 0 Å². The third kappa shape index (κ3) is 2.98. The molecule has 0 heterocycles. The van der Waals surface area contributed by atoms with Gasteiger partial charge in [-0.05, 0) is 42.7 Å². The van der Waals surface area contributed by atoms with Gasteiger partial charge in [0.25, 0.3) is 0 Å². The normalized spacial score (nSPS) is 10.4. The second-order valence-electron chi connectivity index (χ2n) is 4.37. The van der Waals surface area contributed by atoms with Crippen LogP contribution in [-0.4, -0.2) is 0 Å². The number of hydrogen-bond acceptors (Lipinski definition) is 1. The van der Waals surface area contributed by atoms with E-state index in [1.54, 1.807) is 0 Å². The van der Waals surface area contributed by atoms with Gasteiger partial charge in [0.15, 0.2) is 0 Å². The van der Waals surface area contributed by atoms with Crippen LogP contribution in [-0.2, 0) is 6.54 Å². The summed E-state index contributed by atoms with van der Waals surface area (Å²) in [5.41, 5.74) is 4.79. The fourth-order valence-corrected chi connectivity index (χ4v) is 2.25. The van der Waals surface area contributed by atoms with Gasteiger partial charge in [0.1, 0.15) is 0 Å². The summed E-state index contributed by atoms with van der Waals surface area (Å²) in [5, 5.41) is 4.63. The molecule has 0 aromatic heterocycles. The molecule has 2 rings (SSSR count). The summed E-state index contributed by atoms with van der Waals surface area (Å²) < 4.78 is 0. The molecule has 0 radical (unpaired) electrons. The van der Waals surface area contributed by atoms with Crippen LogP contribution in [0, 0.1) is 13.8 Å². The highest BCUT2D eigenvalue weighted by Gasteiger charge is 2.03. The van der Waals surface area contributed by atoms with Crippen molar-refractivity contribution in [2.45, 2.75) is 20.4 Å². The SMILES string of the molecule is Cc1cccc(C)c1NCc1ccc(Cl)c(Cl)c1. The fraction of sp³-hybridized carbons (Fsp3) is 0.200. The lowest BCUT2D eigenvalue weighted by Crippen LogP contribution is -2.02. The van der Waals surface area contributed by atoms with Crippen molar-refractivity contribution in [2.24, 2.45) is 0 Å². The molecule has 0 fully saturated rings. The highest BCUT2D eigenvalue weighted by molar-refractivity contribution is 6.42. The van der Waals surface area contributed by atoms with Crippen molar-refractivity contribution in [1.82, 2.24) is 0 Å². The summed E-state index contributed by atoms with van der Waals surface area (Å²) in [7, 11) is 0. The van der Waals surface area contributed by atoms with Gasteiger partial charge in [0, 0.05) is 12.2 Å². The Balaban J connectivity index is 2.14. The number of nitrogens with one attached hydrogen (secondary N) is 1. The van der Waals surface area contributed by atoms with Crippen molar-refractivity contribution in [2.75, 3.05) is 5.32 Å². The molecule has 0 atom stereocenters. The zero-order valence-corrected chi connectivity index (χ0v) is 11.9. The van der Waals surface area contributed by atoms with Crippen LogP contribution < -0.4 is 5.32 Å². The maximum absolute atomic E-state index is 6.00. The van der Waals surface area contributed by atoms with Crippen LogP contribution in [0.15, 0.2) is 36.4 Å². The van der Waals surface area contributed by atoms with Crippen molar-refractivity contribution in [1.29, 1.82) is 0 Å². The summed E-state index contributed by atoms with van der Waals surface area (Å²) in [6.45, 7) is 4.94. The van der Waals surface area contributed by atoms with Gasteiger partial charge in [-0.15, -0.1) is 0 Å². The maximum Gasteiger partial charge on any atom is 0.0595 e. The van der Waals surface area contributed by atoms with E-state index >= 15 is 0 Å². The molecule has 0 saturated heterocycles. The van der Waals surface area contributed by atoms with Crippen LogP contribution in [0.4, 0.5) is 5.69 Å². The fourth-order valence-electron chi connectivity index (χ4n) is 1.93. The predicted octanol–water partition coefficient (Wildman–Crippen LogP) is 5.22. The van der Waals surface area contributed by atoms with Gasteiger partial charge in [-0.3, -0.25) is 0 Å². The molecule has 0 aliphatic heterocycles. The highest BCUT2D eigenvalue weighted by atomic mass is 35.5. The Labute approximate surface area is 118 Å². The third-order valence-corrected chi connectivity index (χ3v) is 3.67. The Morgan fingerprint density at radius 1 is 0.944 bits per heavy atom. The monoisotopic (exact) mass is 279 g/mol. The Morgan fingerprint density at radius 3 is 2.22 bits per heavy atom. The second-order valence-corrected chi connectivity index (χ2v) is 5.18. The molecule has 0 unspecified atom stereocenters. The topological polar surface area (TPSA) is 12.0 Å². The molecule has 0 amide bonds. The average Bonchev–Trinajstić information content (AvgIpc) is 2.33. The number of benzene rings is 2. The van der Waals surface area contributed by atoms with Gasteiger partial charge in [0.2, 0.25) is 0 Å². The summed E-state index contributed by atoms with van der Waals surface area (Å²) in [4.78, 5) is 0. The van der Waals surface area contributed by atoms with Gasteiger partial charge in [-0.2, -0.15) is 0 Å². The Hall–Kier alpha value is -1.18. The van der Waals surface area contributed by atoms with Gasteiger partial charge in [0.05, 0.1) is 10.0 Å². The number of anilines is 1. The number of para-hydroxylation sites is 1. The van der Waals surface area contributed by atoms with Crippen molar-refractivity contribution in [3.05, 3.63) is 63.1 Å². The number of rotatable bonds is 3. The molecule has 0 bridgehead atoms. The molecule has 1 N–H and O–H groups in total. The quantitative estimate of drug-likeness (QED) is 0.812. The summed E-state index contributed by atoms with van der Waals surface area (Å²) in [5.74, 6) is 0. The van der Waals surface area contributed by atoms with Crippen LogP contribution in [0.5, 0.6) is 0 Å². The molecule has 3 heteroatoms. The first-order chi connectivity index (χ1) is 8.58. The van der Waals surface area contributed by atoms with E-state index in [0.29, 0.717) is 10.0 Å². The molecule has 94 valence electrons. The molecule has 18 heavy (non-hydrogen) atoms. The van der Waals surface area contributed by atoms with Crippen molar-refractivity contribution < 1.29 is 0 Å². The number of aryl methyl sites for hydroxylation is 2. The second kappa shape index (κ2) is 5.64. The van der Waals surface area contributed by atoms with Crippen LogP contribution >= 0.6 is 23.2 Å². The maximum atomic E-state index is 6.00. The first-order valence-corrected chi connectivity index (χ1v) is 6.57. The largest absolute Gasteiger partial charge is 0.381 e. The van der Waals surface area contributed by atoms with Crippen molar-refractivity contribution in [3.8, 4) is 0 Å². The van der Waals surface area contributed by atoms with Crippen molar-refractivity contribution >= 4 is 28.9 Å². The molecule has 0 aliphatic carbocycles. The first kappa shape index (κ1) is 13.3. The third-order valence-electron chi connectivity index (χ3n) is 2.93. The van der Waals surface area contributed by atoms with E-state index in [0.717, 1.165) is 12.1 Å². The Bertz CT molecular complexity index is 544. The lowest BCUT2D eigenvalue weighted by molar-refractivity contribution is 1.13. The van der Waals surface area contributed by atoms with Gasteiger partial charge in [-0.1, -0.05) is 47.5 Å². The van der Waals surface area contributed by atoms with E-state index in [-0.39, 0.29) is 0 Å². The first-order valence-electron chi connectivity index (χ1n) is 5.82. The van der Waals surface area contributed by atoms with E-state index in [2.05, 4.69) is 37.4 Å². The zero-order valence-electron chi connectivity index (χ0n) is 10.4. The average molecular weight is 280 g/mol. The lowest BCUT2D eigenvalue weighted by atomic mass is 10.1. The minimum absolute atomic E-state index is 0.590. The summed E-state index contributed by atoms with van der Waals surface area (Å²) in [6, 6.07) is 12.0. The Morgan fingerprint density at radius 2 is 1.61 bits per heavy atom. The molecule has 1 nitrogen and oxygen atoms in total. The molecule has 0 spiro atoms. The summed E-state index contributed by atoms with van der Waals surface area (Å²) >= 11 is 11.9. The molecule has 2 aromatic rings. The summed E-state index contributed by atoms with van der Waals surface area (Å²) in [6.07, 6.45) is 0. The molecule has 0 saturated carbocycles. The van der Waals surface area contributed by atoms with Gasteiger partial charge < -0.3 is 5.32 Å². The van der Waals surface area contributed by atoms with Gasteiger partial charge in [-0.25, -0.2) is 0 Å². The highest BCUT2D eigenvalue weighted by Crippen LogP contribution is 2.24. The van der Waals surface area contributed by atoms with E-state index in [4.69, 9.17) is 23.2 Å². The van der Waals surface area contributed by atoms with E-state index in [9.17, 15) is 0 Å². The zero-order chi connectivity index (χ0) is 13.1. The number of halogens is 2. The number of hydrogen-bond donors (Lipinski definition) is 1. The minimum Gasteiger partial charge on any atom is -0.381 e. The molecular formula is C15H15Cl2N. The minimum atomic E-state index is 0.590. The van der Waals surface area contributed by atoms with E-state index < -0.39 is 0 Å². The molecular weight excluding hydrogens is 265 g/mol.